The van der Waals surface area contributed by atoms with Crippen molar-refractivity contribution >= 4 is 10.0 Å². The third-order valence-electron chi connectivity index (χ3n) is 2.23. The van der Waals surface area contributed by atoms with Gasteiger partial charge < -0.3 is 9.84 Å². The number of sulfonamides is 1. The quantitative estimate of drug-likeness (QED) is 0.575. The molecule has 0 spiro atoms. The minimum atomic E-state index is -3.90. The van der Waals surface area contributed by atoms with Crippen LogP contribution >= 0.6 is 0 Å². The van der Waals surface area contributed by atoms with Gasteiger partial charge in [-0.2, -0.15) is 5.10 Å². The van der Waals surface area contributed by atoms with E-state index in [4.69, 9.17) is 5.11 Å². The van der Waals surface area contributed by atoms with Crippen LogP contribution in [-0.4, -0.2) is 49.9 Å². The molecule has 0 unspecified atom stereocenters. The number of aryl methyl sites for hydroxylation is 1. The van der Waals surface area contributed by atoms with Crippen molar-refractivity contribution < 1.29 is 27.0 Å². The second-order valence-electron chi connectivity index (χ2n) is 3.65. The lowest BCUT2D eigenvalue weighted by Crippen LogP contribution is -2.29. The van der Waals surface area contributed by atoms with Gasteiger partial charge in [0.25, 0.3) is 16.4 Å². The van der Waals surface area contributed by atoms with E-state index in [0.717, 1.165) is 0 Å². The van der Waals surface area contributed by atoms with E-state index in [2.05, 4.69) is 19.7 Å². The van der Waals surface area contributed by atoms with Crippen LogP contribution in [0.5, 0.6) is 0 Å². The van der Waals surface area contributed by atoms with E-state index in [9.17, 15) is 17.2 Å². The third kappa shape index (κ3) is 4.49. The lowest BCUT2D eigenvalue weighted by molar-refractivity contribution is 0.0199. The van der Waals surface area contributed by atoms with Gasteiger partial charge in [-0.25, -0.2) is 21.9 Å². The molecule has 0 saturated carbocycles. The molecule has 0 aliphatic rings. The number of nitrogens with one attached hydrogen (secondary N) is 2. The Morgan fingerprint density at radius 1 is 1.53 bits per heavy atom. The van der Waals surface area contributed by atoms with Crippen molar-refractivity contribution in [1.29, 1.82) is 0 Å². The number of ether oxygens (including phenoxy) is 1. The molecule has 0 aliphatic carbocycles. The van der Waals surface area contributed by atoms with E-state index in [1.165, 1.54) is 0 Å². The smallest absolute Gasteiger partial charge is 0.261 e. The largest absolute Gasteiger partial charge is 0.392 e. The van der Waals surface area contributed by atoms with Crippen molar-refractivity contribution in [3.63, 3.8) is 0 Å². The molecule has 0 bridgehead atoms. The van der Waals surface area contributed by atoms with Crippen molar-refractivity contribution in [1.82, 2.24) is 14.9 Å². The molecule has 1 aromatic rings. The molecule has 0 atom stereocenters. The molecule has 0 fully saturated rings. The highest BCUT2D eigenvalue weighted by molar-refractivity contribution is 7.89. The lowest BCUT2D eigenvalue weighted by atomic mass is 10.3. The first-order valence-corrected chi connectivity index (χ1v) is 6.87. The molecule has 0 aromatic carbocycles. The summed E-state index contributed by atoms with van der Waals surface area (Å²) in [5.74, 6) is 0. The van der Waals surface area contributed by atoms with Crippen molar-refractivity contribution in [2.75, 3.05) is 19.8 Å². The van der Waals surface area contributed by atoms with Crippen molar-refractivity contribution in [2.24, 2.45) is 0 Å². The van der Waals surface area contributed by atoms with E-state index in [-0.39, 0.29) is 23.7 Å². The molecule has 3 N–H and O–H groups in total. The van der Waals surface area contributed by atoms with Crippen molar-refractivity contribution in [3.8, 4) is 0 Å². The van der Waals surface area contributed by atoms with Crippen LogP contribution in [0.1, 0.15) is 11.3 Å². The number of aliphatic hydroxyl groups is 1. The van der Waals surface area contributed by atoms with Crippen LogP contribution in [0, 0.1) is 6.92 Å². The topological polar surface area (TPSA) is 104 Å². The van der Waals surface area contributed by atoms with Gasteiger partial charge in [-0.1, -0.05) is 0 Å². The second kappa shape index (κ2) is 6.89. The van der Waals surface area contributed by atoms with Gasteiger partial charge in [-0.05, 0) is 6.92 Å². The van der Waals surface area contributed by atoms with Gasteiger partial charge in [0.2, 0.25) is 0 Å². The Hall–Kier alpha value is -1.10. The molecule has 1 rings (SSSR count). The first-order valence-electron chi connectivity index (χ1n) is 5.38. The van der Waals surface area contributed by atoms with Gasteiger partial charge in [0.05, 0.1) is 13.2 Å². The maximum atomic E-state index is 11.8. The first kappa shape index (κ1) is 16.0. The van der Waals surface area contributed by atoms with Crippen molar-refractivity contribution in [3.05, 3.63) is 11.3 Å². The average molecular weight is 299 g/mol. The summed E-state index contributed by atoms with van der Waals surface area (Å²) in [6.07, 6.45) is -2.59. The van der Waals surface area contributed by atoms with Crippen LogP contribution in [0.25, 0.3) is 0 Å². The van der Waals surface area contributed by atoms with Gasteiger partial charge in [-0.15, -0.1) is 0 Å². The summed E-state index contributed by atoms with van der Waals surface area (Å²) in [6, 6.07) is 0. The van der Waals surface area contributed by atoms with Crippen LogP contribution in [0.3, 0.4) is 0 Å². The predicted molar refractivity (Wildman–Crippen MR) is 61.3 cm³/mol. The molecule has 110 valence electrons. The molecule has 1 aromatic heterocycles. The molecule has 0 amide bonds. The number of aromatic amines is 1. The molecule has 10 heteroatoms. The zero-order valence-corrected chi connectivity index (χ0v) is 11.0. The van der Waals surface area contributed by atoms with Crippen LogP contribution < -0.4 is 4.72 Å². The number of halogens is 2. The number of H-pyrrole nitrogens is 1. The Morgan fingerprint density at radius 3 is 2.79 bits per heavy atom. The highest BCUT2D eigenvalue weighted by Crippen LogP contribution is 2.15. The zero-order valence-electron chi connectivity index (χ0n) is 10.2. The van der Waals surface area contributed by atoms with Crippen LogP contribution in [0.4, 0.5) is 8.78 Å². The lowest BCUT2D eigenvalue weighted by Gasteiger charge is -2.06. The van der Waals surface area contributed by atoms with E-state index in [1.54, 1.807) is 6.92 Å². The summed E-state index contributed by atoms with van der Waals surface area (Å²) < 4.78 is 53.8. The van der Waals surface area contributed by atoms with E-state index in [1.807, 2.05) is 0 Å². The molecule has 1 heterocycles. The number of hydrogen-bond acceptors (Lipinski definition) is 5. The number of alkyl halides is 2. The number of aliphatic hydroxyl groups excluding tert-OH is 1. The monoisotopic (exact) mass is 299 g/mol. The second-order valence-corrected chi connectivity index (χ2v) is 5.34. The Morgan fingerprint density at radius 2 is 2.21 bits per heavy atom. The summed E-state index contributed by atoms with van der Waals surface area (Å²) in [6.45, 7) is 0.0160. The molecule has 19 heavy (non-hydrogen) atoms. The number of hydrogen-bond donors (Lipinski definition) is 3. The Kier molecular flexibility index (Phi) is 5.79. The van der Waals surface area contributed by atoms with Gasteiger partial charge in [0.15, 0.2) is 5.03 Å². The molecule has 7 nitrogen and oxygen atoms in total. The standard InChI is InChI=1S/C9H15F2N3O4S/c1-6-7(4-15)9(14-13-6)19(16,17)12-2-3-18-5-8(10)11/h8,12,15H,2-5H2,1H3,(H,13,14). The third-order valence-corrected chi connectivity index (χ3v) is 3.66. The summed E-state index contributed by atoms with van der Waals surface area (Å²) >= 11 is 0. The van der Waals surface area contributed by atoms with Crippen LogP contribution in [0.2, 0.25) is 0 Å². The van der Waals surface area contributed by atoms with Gasteiger partial charge >= 0.3 is 0 Å². The highest BCUT2D eigenvalue weighted by Gasteiger charge is 2.22. The Balaban J connectivity index is 2.56. The van der Waals surface area contributed by atoms with Gasteiger partial charge in [0.1, 0.15) is 6.61 Å². The maximum absolute atomic E-state index is 11.8. The molecular formula is C9H15F2N3O4S. The summed E-state index contributed by atoms with van der Waals surface area (Å²) in [7, 11) is -3.90. The van der Waals surface area contributed by atoms with E-state index >= 15 is 0 Å². The van der Waals surface area contributed by atoms with E-state index < -0.39 is 29.7 Å². The maximum Gasteiger partial charge on any atom is 0.261 e. The van der Waals surface area contributed by atoms with Crippen LogP contribution in [0.15, 0.2) is 5.03 Å². The minimum absolute atomic E-state index is 0.161. The summed E-state index contributed by atoms with van der Waals surface area (Å²) in [4.78, 5) is 0. The fourth-order valence-corrected chi connectivity index (χ4v) is 2.52. The fourth-order valence-electron chi connectivity index (χ4n) is 1.33. The molecule has 0 saturated heterocycles. The molecular weight excluding hydrogens is 284 g/mol. The summed E-state index contributed by atoms with van der Waals surface area (Å²) in [5.41, 5.74) is 0.609. The molecule has 0 aliphatic heterocycles. The Bertz CT molecular complexity index is 504. The average Bonchev–Trinajstić information content (AvgIpc) is 2.70. The van der Waals surface area contributed by atoms with E-state index in [0.29, 0.717) is 5.69 Å². The number of rotatable bonds is 8. The summed E-state index contributed by atoms with van der Waals surface area (Å²) in [5, 5.41) is 14.8. The zero-order chi connectivity index (χ0) is 14.5. The highest BCUT2D eigenvalue weighted by atomic mass is 32.2. The van der Waals surface area contributed by atoms with Crippen molar-refractivity contribution in [2.45, 2.75) is 25.0 Å². The SMILES string of the molecule is Cc1[nH]nc(S(=O)(=O)NCCOCC(F)F)c1CO. The van der Waals surface area contributed by atoms with Crippen LogP contribution in [-0.2, 0) is 21.4 Å². The van der Waals surface area contributed by atoms with Gasteiger partial charge in [0, 0.05) is 17.8 Å². The predicted octanol–water partition coefficient (Wildman–Crippen LogP) is -0.230. The van der Waals surface area contributed by atoms with Gasteiger partial charge in [-0.3, -0.25) is 5.10 Å². The number of nitrogens with zero attached hydrogens (tertiary/aromatic N) is 1. The number of aromatic nitrogens is 2. The molecule has 0 radical (unpaired) electrons. The first-order chi connectivity index (χ1) is 8.88. The fraction of sp³-hybridized carbons (Fsp3) is 0.667. The minimum Gasteiger partial charge on any atom is -0.392 e. The Labute approximate surface area is 109 Å². The normalized spacial score (nSPS) is 12.3.